The molecule has 0 amide bonds. The minimum atomic E-state index is -4.90. The van der Waals surface area contributed by atoms with Crippen LogP contribution in [-0.2, 0) is 7.05 Å². The summed E-state index contributed by atoms with van der Waals surface area (Å²) in [5, 5.41) is 3.79. The quantitative estimate of drug-likeness (QED) is 0.297. The van der Waals surface area contributed by atoms with E-state index in [0.717, 1.165) is 22.2 Å². The molecule has 0 aliphatic heterocycles. The molecule has 202 valence electrons. The van der Waals surface area contributed by atoms with E-state index < -0.39 is 12.1 Å². The summed E-state index contributed by atoms with van der Waals surface area (Å²) >= 11 is 0. The first-order valence-corrected chi connectivity index (χ1v) is 11.7. The first-order chi connectivity index (χ1) is 17.9. The number of alkyl halides is 3. The van der Waals surface area contributed by atoms with Crippen molar-refractivity contribution >= 4 is 33.9 Å². The average Bonchev–Trinajstić information content (AvgIpc) is 3.19. The number of anilines is 4. The van der Waals surface area contributed by atoms with Gasteiger partial charge < -0.3 is 34.9 Å². The number of likely N-dealkylation sites (N-methyl/N-ethyl adjacent to an activating group) is 2. The van der Waals surface area contributed by atoms with Gasteiger partial charge in [0.05, 0.1) is 35.4 Å². The van der Waals surface area contributed by atoms with Crippen molar-refractivity contribution in [3.8, 4) is 22.8 Å². The molecule has 4 rings (SSSR count). The zero-order valence-corrected chi connectivity index (χ0v) is 21.8. The maximum Gasteiger partial charge on any atom is 0.573 e. The molecule has 2 aromatic heterocycles. The molecule has 0 bridgehead atoms. The van der Waals surface area contributed by atoms with Gasteiger partial charge in [0.2, 0.25) is 5.95 Å². The van der Waals surface area contributed by atoms with E-state index in [4.69, 9.17) is 10.5 Å². The van der Waals surface area contributed by atoms with Crippen LogP contribution in [0.25, 0.3) is 22.2 Å². The second kappa shape index (κ2) is 10.7. The minimum Gasteiger partial charge on any atom is -0.497 e. The van der Waals surface area contributed by atoms with Crippen LogP contribution in [0.2, 0.25) is 0 Å². The number of nitrogens with one attached hydrogen (secondary N) is 1. The molecule has 0 fully saturated rings. The van der Waals surface area contributed by atoms with Gasteiger partial charge in [0.25, 0.3) is 0 Å². The number of fused-ring (bicyclic) bond motifs is 1. The highest BCUT2D eigenvalue weighted by Crippen LogP contribution is 2.39. The van der Waals surface area contributed by atoms with Crippen LogP contribution in [0.1, 0.15) is 0 Å². The summed E-state index contributed by atoms with van der Waals surface area (Å²) in [5.41, 5.74) is 9.28. The lowest BCUT2D eigenvalue weighted by molar-refractivity contribution is -0.274. The van der Waals surface area contributed by atoms with Crippen LogP contribution in [0.15, 0.2) is 48.8 Å². The van der Waals surface area contributed by atoms with Crippen LogP contribution in [-0.4, -0.2) is 67.1 Å². The third kappa shape index (κ3) is 6.02. The predicted octanol–water partition coefficient (Wildman–Crippen LogP) is 4.87. The largest absolute Gasteiger partial charge is 0.573 e. The van der Waals surface area contributed by atoms with Gasteiger partial charge in [0.1, 0.15) is 5.75 Å². The van der Waals surface area contributed by atoms with Crippen molar-refractivity contribution in [3.63, 3.8) is 0 Å². The van der Waals surface area contributed by atoms with E-state index in [2.05, 4.69) is 20.0 Å². The Morgan fingerprint density at radius 1 is 1.08 bits per heavy atom. The maximum atomic E-state index is 13.3. The summed E-state index contributed by atoms with van der Waals surface area (Å²) < 4.78 is 51.5. The number of nitrogens with two attached hydrogens (primary N) is 1. The van der Waals surface area contributed by atoms with Crippen molar-refractivity contribution in [3.05, 3.63) is 48.8 Å². The molecule has 38 heavy (non-hydrogen) atoms. The highest BCUT2D eigenvalue weighted by molar-refractivity contribution is 5.96. The smallest absolute Gasteiger partial charge is 0.497 e. The average molecular weight is 530 g/mol. The van der Waals surface area contributed by atoms with Crippen LogP contribution in [0.3, 0.4) is 0 Å². The van der Waals surface area contributed by atoms with E-state index in [9.17, 15) is 13.2 Å². The Balaban J connectivity index is 1.69. The van der Waals surface area contributed by atoms with Crippen LogP contribution >= 0.6 is 0 Å². The lowest BCUT2D eigenvalue weighted by Gasteiger charge is -2.25. The van der Waals surface area contributed by atoms with E-state index in [1.165, 1.54) is 18.3 Å². The van der Waals surface area contributed by atoms with E-state index in [1.807, 2.05) is 55.0 Å². The minimum absolute atomic E-state index is 0.00982. The van der Waals surface area contributed by atoms with Crippen molar-refractivity contribution in [2.75, 3.05) is 57.3 Å². The topological polar surface area (TPSA) is 93.7 Å². The Bertz CT molecular complexity index is 1440. The number of aromatic nitrogens is 3. The van der Waals surface area contributed by atoms with Gasteiger partial charge in [-0.15, -0.1) is 13.2 Å². The fourth-order valence-corrected chi connectivity index (χ4v) is 4.08. The summed E-state index contributed by atoms with van der Waals surface area (Å²) in [6.07, 6.45) is -1.45. The summed E-state index contributed by atoms with van der Waals surface area (Å²) in [6, 6.07) is 10.1. The molecule has 0 saturated heterocycles. The third-order valence-corrected chi connectivity index (χ3v) is 6.02. The van der Waals surface area contributed by atoms with Gasteiger partial charge in [0.15, 0.2) is 5.75 Å². The van der Waals surface area contributed by atoms with E-state index in [0.29, 0.717) is 24.5 Å². The lowest BCUT2D eigenvalue weighted by Crippen LogP contribution is -2.29. The molecule has 0 spiro atoms. The van der Waals surface area contributed by atoms with Crippen molar-refractivity contribution < 1.29 is 22.6 Å². The molecule has 4 aromatic rings. The van der Waals surface area contributed by atoms with E-state index >= 15 is 0 Å². The zero-order chi connectivity index (χ0) is 27.6. The summed E-state index contributed by atoms with van der Waals surface area (Å²) in [6.45, 7) is 1.24. The molecule has 12 heteroatoms. The van der Waals surface area contributed by atoms with E-state index in [-0.39, 0.29) is 17.3 Å². The Kier molecular flexibility index (Phi) is 7.53. The second-order valence-corrected chi connectivity index (χ2v) is 9.11. The number of rotatable bonds is 9. The number of nitrogen functional groups attached to an aromatic ring is 1. The number of nitrogens with zero attached hydrogens (tertiary/aromatic N) is 5. The lowest BCUT2D eigenvalue weighted by atomic mass is 10.1. The third-order valence-electron chi connectivity index (χ3n) is 6.02. The number of hydrogen-bond donors (Lipinski definition) is 2. The van der Waals surface area contributed by atoms with E-state index in [1.54, 1.807) is 25.1 Å². The molecular weight excluding hydrogens is 499 g/mol. The summed E-state index contributed by atoms with van der Waals surface area (Å²) in [7, 11) is 9.08. The van der Waals surface area contributed by atoms with Crippen LogP contribution in [0.4, 0.5) is 36.2 Å². The first kappa shape index (κ1) is 26.9. The summed E-state index contributed by atoms with van der Waals surface area (Å²) in [5.74, 6) is 0.374. The van der Waals surface area contributed by atoms with Gasteiger partial charge in [-0.1, -0.05) is 0 Å². The normalized spacial score (nSPS) is 11.7. The van der Waals surface area contributed by atoms with Crippen molar-refractivity contribution in [2.45, 2.75) is 6.36 Å². The monoisotopic (exact) mass is 529 g/mol. The van der Waals surface area contributed by atoms with Gasteiger partial charge in [-0.2, -0.15) is 0 Å². The van der Waals surface area contributed by atoms with Gasteiger partial charge in [-0.05, 0) is 38.4 Å². The highest BCUT2D eigenvalue weighted by atomic mass is 19.4. The molecule has 9 nitrogen and oxygen atoms in total. The van der Waals surface area contributed by atoms with Gasteiger partial charge in [0, 0.05) is 62.7 Å². The number of hydrogen-bond acceptors (Lipinski definition) is 8. The molecule has 0 aliphatic rings. The molecule has 2 heterocycles. The summed E-state index contributed by atoms with van der Waals surface area (Å²) in [4.78, 5) is 12.5. The van der Waals surface area contributed by atoms with Gasteiger partial charge in [-0.25, -0.2) is 9.97 Å². The van der Waals surface area contributed by atoms with Crippen LogP contribution < -0.4 is 25.4 Å². The fraction of sp³-hybridized carbons (Fsp3) is 0.308. The number of methoxy groups -OCH3 is 1. The van der Waals surface area contributed by atoms with Crippen molar-refractivity contribution in [1.82, 2.24) is 19.4 Å². The maximum absolute atomic E-state index is 13.3. The van der Waals surface area contributed by atoms with Crippen LogP contribution in [0.5, 0.6) is 11.5 Å². The number of benzene rings is 2. The molecule has 0 atom stereocenters. The second-order valence-electron chi connectivity index (χ2n) is 9.11. The molecule has 2 aromatic carbocycles. The number of aryl methyl sites for hydroxylation is 1. The Morgan fingerprint density at radius 3 is 2.53 bits per heavy atom. The molecule has 0 saturated carbocycles. The molecule has 0 aliphatic carbocycles. The standard InChI is InChI=1S/C26H30F3N7O2/c1-34(2)10-11-35(3)23-14-24(38-26(27,28)29)21(13-19(23)30)33-25-31-9-8-20(32-25)18-15-36(4)22-12-16(37-5)6-7-17(18)22/h6-9,12-15H,10-11,30H2,1-5H3,(H,31,32,33). The molecule has 3 N–H and O–H groups in total. The zero-order valence-electron chi connectivity index (χ0n) is 21.8. The SMILES string of the molecule is COc1ccc2c(-c3ccnc(Nc4cc(N)c(N(C)CCN(C)C)cc4OC(F)(F)F)n3)cn(C)c2c1. The molecule has 0 unspecified atom stereocenters. The number of ether oxygens (including phenoxy) is 2. The predicted molar refractivity (Wildman–Crippen MR) is 143 cm³/mol. The fourth-order valence-electron chi connectivity index (χ4n) is 4.08. The van der Waals surface area contributed by atoms with Crippen molar-refractivity contribution in [2.24, 2.45) is 7.05 Å². The number of halogens is 3. The Hall–Kier alpha value is -4.19. The first-order valence-electron chi connectivity index (χ1n) is 11.7. The molecule has 0 radical (unpaired) electrons. The molecular formula is C26H30F3N7O2. The van der Waals surface area contributed by atoms with Crippen molar-refractivity contribution in [1.29, 1.82) is 0 Å². The Labute approximate surface area is 218 Å². The van der Waals surface area contributed by atoms with Gasteiger partial charge in [-0.3, -0.25) is 0 Å². The van der Waals surface area contributed by atoms with Crippen LogP contribution in [0, 0.1) is 0 Å². The van der Waals surface area contributed by atoms with Gasteiger partial charge >= 0.3 is 6.36 Å². The Morgan fingerprint density at radius 2 is 1.84 bits per heavy atom. The highest BCUT2D eigenvalue weighted by Gasteiger charge is 2.33.